The van der Waals surface area contributed by atoms with E-state index in [1.807, 2.05) is 55.7 Å². The Morgan fingerprint density at radius 3 is 1.99 bits per heavy atom. The number of carbonyl (C=O) groups excluding carboxylic acids is 6. The third-order valence-electron chi connectivity index (χ3n) is 12.1. The lowest BCUT2D eigenvalue weighted by atomic mass is 9.82. The van der Waals surface area contributed by atoms with Crippen molar-refractivity contribution in [2.45, 2.75) is 84.3 Å². The summed E-state index contributed by atoms with van der Waals surface area (Å²) in [5.74, 6) is -5.45. The van der Waals surface area contributed by atoms with Gasteiger partial charge in [-0.2, -0.15) is 12.6 Å². The predicted octanol–water partition coefficient (Wildman–Crippen LogP) is 5.95. The fourth-order valence-electron chi connectivity index (χ4n) is 8.15. The van der Waals surface area contributed by atoms with Crippen molar-refractivity contribution in [2.24, 2.45) is 5.41 Å². The minimum atomic E-state index is -1.49. The van der Waals surface area contributed by atoms with Crippen molar-refractivity contribution in [3.63, 3.8) is 0 Å². The molecular formula is C54H76F2N6O13SSi. The zero-order valence-electron chi connectivity index (χ0n) is 45.1. The largest absolute Gasteiger partial charge is 0.480 e. The molecule has 0 unspecified atom stereocenters. The number of carboxylic acids is 1. The maximum absolute atomic E-state index is 15.4. The summed E-state index contributed by atoms with van der Waals surface area (Å²) in [5.41, 5.74) is 1.05. The van der Waals surface area contributed by atoms with Gasteiger partial charge in [0.15, 0.2) is 0 Å². The molecule has 77 heavy (non-hydrogen) atoms. The molecule has 1 aromatic heterocycles. The van der Waals surface area contributed by atoms with Crippen molar-refractivity contribution >= 4 is 62.3 Å². The van der Waals surface area contributed by atoms with Crippen molar-refractivity contribution in [2.75, 3.05) is 97.9 Å². The highest BCUT2D eigenvalue weighted by atomic mass is 32.1. The fraction of sp³-hybridized carbons (Fsp3) is 0.537. The second-order valence-corrected chi connectivity index (χ2v) is 26.5. The topological polar surface area (TPSA) is 225 Å². The molecular weight excluding hydrogens is 1040 g/mol. The van der Waals surface area contributed by atoms with Gasteiger partial charge < -0.3 is 53.8 Å². The van der Waals surface area contributed by atoms with E-state index in [-0.39, 0.29) is 129 Å². The van der Waals surface area contributed by atoms with Gasteiger partial charge in [0.1, 0.15) is 24.2 Å². The molecule has 0 bridgehead atoms. The Labute approximate surface area is 456 Å². The number of alkyl carbamates (subject to hydrolysis) is 1. The van der Waals surface area contributed by atoms with Crippen LogP contribution in [0.25, 0.3) is 11.1 Å². The van der Waals surface area contributed by atoms with Crippen LogP contribution in [0.5, 0.6) is 0 Å². The van der Waals surface area contributed by atoms with Crippen molar-refractivity contribution in [1.29, 1.82) is 0 Å². The number of aliphatic carboxylic acids is 1. The average Bonchev–Trinajstić information content (AvgIpc) is 3.92. The predicted molar refractivity (Wildman–Crippen MR) is 290 cm³/mol. The summed E-state index contributed by atoms with van der Waals surface area (Å²) in [4.78, 5) is 93.1. The van der Waals surface area contributed by atoms with Gasteiger partial charge in [-0.15, -0.1) is 0 Å². The number of rotatable bonds is 35. The van der Waals surface area contributed by atoms with Gasteiger partial charge in [-0.1, -0.05) is 70.7 Å². The number of carboxylic acid groups (broad SMARTS) is 1. The quantitative estimate of drug-likeness (QED) is 0.0232. The van der Waals surface area contributed by atoms with Gasteiger partial charge in [0.2, 0.25) is 17.7 Å². The molecule has 424 valence electrons. The Morgan fingerprint density at radius 2 is 1.39 bits per heavy atom. The van der Waals surface area contributed by atoms with Crippen LogP contribution in [-0.4, -0.2) is 178 Å². The molecule has 0 fully saturated rings. The van der Waals surface area contributed by atoms with Crippen LogP contribution in [-0.2, 0) is 59.0 Å². The van der Waals surface area contributed by atoms with Crippen LogP contribution in [0.1, 0.15) is 57.3 Å². The number of halogens is 2. The lowest BCUT2D eigenvalue weighted by Crippen LogP contribution is -2.53. The summed E-state index contributed by atoms with van der Waals surface area (Å²) in [6.45, 7) is 13.9. The molecule has 1 aliphatic rings. The molecule has 23 heteroatoms. The van der Waals surface area contributed by atoms with E-state index in [0.29, 0.717) is 11.3 Å². The molecule has 2 aromatic carbocycles. The van der Waals surface area contributed by atoms with E-state index in [4.69, 9.17) is 23.7 Å². The molecule has 0 radical (unpaired) electrons. The smallest absolute Gasteiger partial charge is 0.407 e. The molecule has 0 aliphatic carbocycles. The highest BCUT2D eigenvalue weighted by Gasteiger charge is 2.39. The zero-order chi connectivity index (χ0) is 56.5. The van der Waals surface area contributed by atoms with Crippen LogP contribution in [0, 0.1) is 17.0 Å². The van der Waals surface area contributed by atoms with E-state index in [9.17, 15) is 38.3 Å². The van der Waals surface area contributed by atoms with Crippen molar-refractivity contribution in [3.8, 4) is 11.1 Å². The second kappa shape index (κ2) is 32.0. The van der Waals surface area contributed by atoms with E-state index in [1.54, 1.807) is 17.2 Å². The van der Waals surface area contributed by atoms with E-state index in [0.717, 1.165) is 51.8 Å². The lowest BCUT2D eigenvalue weighted by molar-refractivity contribution is -0.153. The van der Waals surface area contributed by atoms with Crippen molar-refractivity contribution in [3.05, 3.63) is 95.8 Å². The van der Waals surface area contributed by atoms with Crippen LogP contribution in [0.15, 0.2) is 72.9 Å². The number of nitrogens with zero attached hydrogens (tertiary/aromatic N) is 4. The number of imide groups is 1. The first-order valence-corrected chi connectivity index (χ1v) is 30.1. The Bertz CT molecular complexity index is 2430. The highest BCUT2D eigenvalue weighted by Crippen LogP contribution is 2.41. The Morgan fingerprint density at radius 1 is 0.766 bits per heavy atom. The van der Waals surface area contributed by atoms with Crippen LogP contribution < -0.4 is 10.6 Å². The number of nitrogens with one attached hydrogen (secondary N) is 2. The molecule has 0 spiro atoms. The first kappa shape index (κ1) is 63.5. The minimum Gasteiger partial charge on any atom is -0.480 e. The van der Waals surface area contributed by atoms with Crippen molar-refractivity contribution in [1.82, 2.24) is 29.9 Å². The Hall–Kier alpha value is -5.98. The number of aromatic nitrogens is 1. The fourth-order valence-corrected chi connectivity index (χ4v) is 9.22. The summed E-state index contributed by atoms with van der Waals surface area (Å²) >= 11 is 4.27. The normalized spacial score (nSPS) is 13.4. The minimum absolute atomic E-state index is 0.00111. The maximum atomic E-state index is 15.4. The molecule has 19 nitrogen and oxygen atoms in total. The molecule has 2 heterocycles. The van der Waals surface area contributed by atoms with Gasteiger partial charge in [-0.05, 0) is 47.7 Å². The number of benzene rings is 2. The third kappa shape index (κ3) is 22.1. The number of amides is 6. The van der Waals surface area contributed by atoms with Gasteiger partial charge in [-0.25, -0.2) is 18.4 Å². The summed E-state index contributed by atoms with van der Waals surface area (Å²) in [5, 5.41) is 15.7. The molecule has 2 atom stereocenters. The summed E-state index contributed by atoms with van der Waals surface area (Å²) in [6, 6.07) is 12.8. The van der Waals surface area contributed by atoms with E-state index in [2.05, 4.69) is 42.9 Å². The van der Waals surface area contributed by atoms with Crippen LogP contribution >= 0.6 is 12.6 Å². The maximum Gasteiger partial charge on any atom is 0.407 e. The monoisotopic (exact) mass is 1110 g/mol. The van der Waals surface area contributed by atoms with E-state index in [1.165, 1.54) is 0 Å². The molecule has 3 N–H and O–H groups in total. The molecule has 1 aliphatic heterocycles. The number of hydrogen-bond acceptors (Lipinski definition) is 13. The van der Waals surface area contributed by atoms with Gasteiger partial charge in [0, 0.05) is 88.1 Å². The molecule has 3 aromatic rings. The Kier molecular flexibility index (Phi) is 26.4. The first-order valence-electron chi connectivity index (χ1n) is 25.7. The Balaban J connectivity index is 1.38. The molecule has 0 saturated heterocycles. The van der Waals surface area contributed by atoms with Crippen LogP contribution in [0.4, 0.5) is 13.6 Å². The number of carbonyl (C=O) groups is 7. The second-order valence-electron chi connectivity index (χ2n) is 20.5. The molecule has 0 saturated carbocycles. The standard InChI is InChI=1S/C54H76F2N6O13SSi/c1-54(2,3)51(44-33-40(42-34-41(55)13-14-43(42)56)36-59(44)35-39-11-8-7-9-12-39)61(21-10-19-58-53(70)75-31-32-77(4,5)6)50(67)37-62(45(38-76)52(68)69)49(66)18-23-71-25-27-73-29-30-74-28-26-72-24-20-57-46(63)17-22-60-47(64)15-16-48(60)65/h7-9,11-16,33-34,36,45,51,76H,10,17-32,35,37-38H2,1-6H3,(H,57,63)(H,58,70)(H,68,69)/t45-,51-/m0/s1. The number of ether oxygens (including phenoxy) is 5. The van der Waals surface area contributed by atoms with Gasteiger partial charge >= 0.3 is 12.1 Å². The van der Waals surface area contributed by atoms with E-state index < -0.39 is 79.4 Å². The van der Waals surface area contributed by atoms with Crippen molar-refractivity contribution < 1.29 is 71.1 Å². The number of thiol groups is 1. The highest BCUT2D eigenvalue weighted by molar-refractivity contribution is 7.80. The zero-order valence-corrected chi connectivity index (χ0v) is 47.0. The van der Waals surface area contributed by atoms with Gasteiger partial charge in [0.25, 0.3) is 11.8 Å². The van der Waals surface area contributed by atoms with Crippen LogP contribution in [0.2, 0.25) is 25.7 Å². The SMILES string of the molecule is CC(C)(C)[C@H](c1cc(-c2cc(F)ccc2F)cn1Cc1ccccc1)N(CCCNC(=O)OCC[Si](C)(C)C)C(=O)CN(C(=O)CCOCCOCCOCCOCCNC(=O)CCN1C(=O)C=CC1=O)[C@@H](CS)C(=O)O. The lowest BCUT2D eigenvalue weighted by Gasteiger charge is -2.42. The molecule has 4 rings (SSSR count). The van der Waals surface area contributed by atoms with Crippen LogP contribution in [0.3, 0.4) is 0 Å². The summed E-state index contributed by atoms with van der Waals surface area (Å²) in [6.07, 6.45) is 3.37. The molecule has 6 amide bonds. The van der Waals surface area contributed by atoms with Gasteiger partial charge in [0.05, 0.1) is 71.9 Å². The van der Waals surface area contributed by atoms with E-state index >= 15 is 9.18 Å². The first-order chi connectivity index (χ1) is 36.6. The third-order valence-corrected chi connectivity index (χ3v) is 14.1. The summed E-state index contributed by atoms with van der Waals surface area (Å²) < 4.78 is 59.6. The summed E-state index contributed by atoms with van der Waals surface area (Å²) in [7, 11) is -1.48. The number of hydrogen-bond donors (Lipinski definition) is 4. The van der Waals surface area contributed by atoms with Gasteiger partial charge in [-0.3, -0.25) is 28.9 Å². The average molecular weight is 1120 g/mol.